The summed E-state index contributed by atoms with van der Waals surface area (Å²) in [6.07, 6.45) is 1.18. The molecule has 1 nitrogen and oxygen atoms in total. The van der Waals surface area contributed by atoms with Gasteiger partial charge in [-0.05, 0) is 5.56 Å². The van der Waals surface area contributed by atoms with Gasteiger partial charge in [-0.2, -0.15) is 0 Å². The Morgan fingerprint density at radius 2 is 1.73 bits per heavy atom. The molecular formula is C10H16N+. The van der Waals surface area contributed by atoms with Crippen molar-refractivity contribution in [3.8, 4) is 0 Å². The van der Waals surface area contributed by atoms with Gasteiger partial charge in [0.05, 0.1) is 20.6 Å². The van der Waals surface area contributed by atoms with Crippen LogP contribution in [0, 0.1) is 0 Å². The third-order valence-corrected chi connectivity index (χ3v) is 1.76. The van der Waals surface area contributed by atoms with Crippen molar-refractivity contribution in [1.82, 2.24) is 0 Å². The molecule has 11 heavy (non-hydrogen) atoms. The minimum Gasteiger partial charge on any atom is -0.340 e. The molecule has 0 amide bonds. The molecule has 60 valence electrons. The molecule has 0 saturated heterocycles. The highest BCUT2D eigenvalue weighted by Gasteiger charge is 1.94. The lowest BCUT2D eigenvalue weighted by atomic mass is 10.1. The first-order valence-electron chi connectivity index (χ1n) is 4.12. The zero-order valence-electron chi connectivity index (χ0n) is 7.30. The van der Waals surface area contributed by atoms with Crippen LogP contribution in [0.25, 0.3) is 0 Å². The van der Waals surface area contributed by atoms with E-state index >= 15 is 0 Å². The molecule has 1 heteroatoms. The molecule has 0 atom stereocenters. The molecule has 0 fully saturated rings. The summed E-state index contributed by atoms with van der Waals surface area (Å²) < 4.78 is 0. The van der Waals surface area contributed by atoms with E-state index in [1.807, 2.05) is 0 Å². The fraction of sp³-hybridized carbons (Fsp3) is 0.400. The Morgan fingerprint density at radius 1 is 1.09 bits per heavy atom. The van der Waals surface area contributed by atoms with Gasteiger partial charge in [0, 0.05) is 6.42 Å². The SMILES string of the molecule is C[NH+](C)CCc1ccccc1. The molecule has 0 radical (unpaired) electrons. The normalized spacial score (nSPS) is 10.5. The molecule has 1 aromatic rings. The predicted molar refractivity (Wildman–Crippen MR) is 47.8 cm³/mol. The van der Waals surface area contributed by atoms with Crippen LogP contribution < -0.4 is 4.90 Å². The summed E-state index contributed by atoms with van der Waals surface area (Å²) >= 11 is 0. The molecule has 0 saturated carbocycles. The third-order valence-electron chi connectivity index (χ3n) is 1.76. The second-order valence-corrected chi connectivity index (χ2v) is 3.19. The number of rotatable bonds is 3. The summed E-state index contributed by atoms with van der Waals surface area (Å²) in [6, 6.07) is 10.6. The first kappa shape index (κ1) is 8.28. The Kier molecular flexibility index (Phi) is 3.12. The standard InChI is InChI=1S/C10H15N/c1-11(2)9-8-10-6-4-3-5-7-10/h3-7H,8-9H2,1-2H3/p+1. The molecule has 1 N–H and O–H groups in total. The largest absolute Gasteiger partial charge is 0.340 e. The Morgan fingerprint density at radius 3 is 2.27 bits per heavy atom. The highest BCUT2D eigenvalue weighted by atomic mass is 15.0. The van der Waals surface area contributed by atoms with E-state index in [1.165, 1.54) is 23.4 Å². The van der Waals surface area contributed by atoms with Gasteiger partial charge in [-0.15, -0.1) is 0 Å². The van der Waals surface area contributed by atoms with Crippen LogP contribution >= 0.6 is 0 Å². The average molecular weight is 150 g/mol. The van der Waals surface area contributed by atoms with Crippen LogP contribution in [0.1, 0.15) is 5.56 Å². The highest BCUT2D eigenvalue weighted by molar-refractivity contribution is 5.14. The van der Waals surface area contributed by atoms with Crippen molar-refractivity contribution in [1.29, 1.82) is 0 Å². The van der Waals surface area contributed by atoms with Gasteiger partial charge in [0.1, 0.15) is 0 Å². The molecule has 0 aliphatic heterocycles. The zero-order valence-corrected chi connectivity index (χ0v) is 7.30. The fourth-order valence-corrected chi connectivity index (χ4v) is 1.04. The lowest BCUT2D eigenvalue weighted by Crippen LogP contribution is -3.05. The third kappa shape index (κ3) is 3.19. The molecule has 0 unspecified atom stereocenters. The molecule has 1 rings (SSSR count). The summed E-state index contributed by atoms with van der Waals surface area (Å²) in [4.78, 5) is 1.51. The van der Waals surface area contributed by atoms with E-state index in [4.69, 9.17) is 0 Å². The number of hydrogen-bond acceptors (Lipinski definition) is 0. The van der Waals surface area contributed by atoms with Crippen LogP contribution in [0.5, 0.6) is 0 Å². The van der Waals surface area contributed by atoms with Crippen molar-refractivity contribution >= 4 is 0 Å². The molecule has 0 bridgehead atoms. The van der Waals surface area contributed by atoms with E-state index < -0.39 is 0 Å². The van der Waals surface area contributed by atoms with E-state index in [0.29, 0.717) is 0 Å². The second-order valence-electron chi connectivity index (χ2n) is 3.19. The smallest absolute Gasteiger partial charge is 0.0807 e. The minimum absolute atomic E-state index is 1.18. The van der Waals surface area contributed by atoms with Gasteiger partial charge >= 0.3 is 0 Å². The summed E-state index contributed by atoms with van der Waals surface area (Å²) in [7, 11) is 4.37. The van der Waals surface area contributed by atoms with Gasteiger partial charge in [0.25, 0.3) is 0 Å². The van der Waals surface area contributed by atoms with Crippen LogP contribution in [0.15, 0.2) is 30.3 Å². The average Bonchev–Trinajstić information content (AvgIpc) is 2.03. The second kappa shape index (κ2) is 4.14. The number of hydrogen-bond donors (Lipinski definition) is 1. The Bertz CT molecular complexity index is 191. The van der Waals surface area contributed by atoms with Crippen LogP contribution in [0.2, 0.25) is 0 Å². The maximum absolute atomic E-state index is 2.18. The van der Waals surface area contributed by atoms with E-state index in [1.54, 1.807) is 0 Å². The van der Waals surface area contributed by atoms with Crippen LogP contribution in [-0.4, -0.2) is 20.6 Å². The molecule has 0 aliphatic rings. The van der Waals surface area contributed by atoms with Gasteiger partial charge in [0.2, 0.25) is 0 Å². The van der Waals surface area contributed by atoms with Crippen molar-refractivity contribution < 1.29 is 4.90 Å². The van der Waals surface area contributed by atoms with Crippen molar-refractivity contribution in [2.75, 3.05) is 20.6 Å². The number of nitrogens with one attached hydrogen (secondary N) is 1. The van der Waals surface area contributed by atoms with Crippen molar-refractivity contribution in [3.05, 3.63) is 35.9 Å². The molecule has 1 aromatic carbocycles. The first-order valence-corrected chi connectivity index (χ1v) is 4.12. The fourth-order valence-electron chi connectivity index (χ4n) is 1.04. The minimum atomic E-state index is 1.18. The van der Waals surface area contributed by atoms with Crippen LogP contribution in [-0.2, 0) is 6.42 Å². The first-order chi connectivity index (χ1) is 5.29. The van der Waals surface area contributed by atoms with Gasteiger partial charge in [-0.25, -0.2) is 0 Å². The maximum Gasteiger partial charge on any atom is 0.0807 e. The van der Waals surface area contributed by atoms with Crippen molar-refractivity contribution in [2.24, 2.45) is 0 Å². The van der Waals surface area contributed by atoms with Gasteiger partial charge in [0.15, 0.2) is 0 Å². The number of likely N-dealkylation sites (N-methyl/N-ethyl adjacent to an activating group) is 1. The number of benzene rings is 1. The van der Waals surface area contributed by atoms with Crippen LogP contribution in [0.3, 0.4) is 0 Å². The van der Waals surface area contributed by atoms with E-state index in [0.717, 1.165) is 0 Å². The topological polar surface area (TPSA) is 4.44 Å². The molecular weight excluding hydrogens is 134 g/mol. The van der Waals surface area contributed by atoms with Gasteiger partial charge < -0.3 is 4.90 Å². The predicted octanol–water partition coefficient (Wildman–Crippen LogP) is 0.374. The lowest BCUT2D eigenvalue weighted by molar-refractivity contribution is -0.858. The van der Waals surface area contributed by atoms with Gasteiger partial charge in [-0.3, -0.25) is 0 Å². The van der Waals surface area contributed by atoms with E-state index in [2.05, 4.69) is 44.4 Å². The van der Waals surface area contributed by atoms with Crippen molar-refractivity contribution in [3.63, 3.8) is 0 Å². The molecule has 0 aliphatic carbocycles. The van der Waals surface area contributed by atoms with E-state index in [9.17, 15) is 0 Å². The van der Waals surface area contributed by atoms with Crippen LogP contribution in [0.4, 0.5) is 0 Å². The Balaban J connectivity index is 2.39. The van der Waals surface area contributed by atoms with Crippen molar-refractivity contribution in [2.45, 2.75) is 6.42 Å². The maximum atomic E-state index is 2.18. The molecule has 0 aromatic heterocycles. The summed E-state index contributed by atoms with van der Waals surface area (Å²) in [5.74, 6) is 0. The summed E-state index contributed by atoms with van der Waals surface area (Å²) in [5, 5.41) is 0. The molecule has 0 spiro atoms. The monoisotopic (exact) mass is 150 g/mol. The lowest BCUT2D eigenvalue weighted by Gasteiger charge is -2.05. The number of quaternary nitrogens is 1. The zero-order chi connectivity index (χ0) is 8.10. The Hall–Kier alpha value is -0.820. The summed E-state index contributed by atoms with van der Waals surface area (Å²) in [5.41, 5.74) is 1.44. The Labute approximate surface area is 68.7 Å². The highest BCUT2D eigenvalue weighted by Crippen LogP contribution is 1.96. The van der Waals surface area contributed by atoms with E-state index in [-0.39, 0.29) is 0 Å². The van der Waals surface area contributed by atoms with Gasteiger partial charge in [-0.1, -0.05) is 30.3 Å². The quantitative estimate of drug-likeness (QED) is 0.635. The summed E-state index contributed by atoms with van der Waals surface area (Å²) in [6.45, 7) is 1.21. The molecule has 0 heterocycles.